The van der Waals surface area contributed by atoms with Crippen LogP contribution in [-0.2, 0) is 6.54 Å². The van der Waals surface area contributed by atoms with Gasteiger partial charge >= 0.3 is 0 Å². The van der Waals surface area contributed by atoms with Crippen LogP contribution in [0.4, 0.5) is 0 Å². The summed E-state index contributed by atoms with van der Waals surface area (Å²) in [6.07, 6.45) is 5.69. The van der Waals surface area contributed by atoms with Gasteiger partial charge in [-0.3, -0.25) is 9.47 Å². The lowest BCUT2D eigenvalue weighted by Crippen LogP contribution is -2.54. The molecule has 0 radical (unpaired) electrons. The highest BCUT2D eigenvalue weighted by Crippen LogP contribution is 2.19. The average Bonchev–Trinajstić information content (AvgIpc) is 3.20. The number of aliphatic imine (C=N–C) groups is 1. The fraction of sp³-hybridized carbons (Fsp3) is 0.571. The molecule has 3 rings (SSSR count). The number of para-hydroxylation sites is 1. The molecule has 2 heterocycles. The second-order valence-corrected chi connectivity index (χ2v) is 7.86. The summed E-state index contributed by atoms with van der Waals surface area (Å²) in [6.45, 7) is 11.2. The van der Waals surface area contributed by atoms with Gasteiger partial charge in [0, 0.05) is 24.3 Å². The van der Waals surface area contributed by atoms with Crippen molar-refractivity contribution in [3.05, 3.63) is 42.5 Å². The number of benzene rings is 1. The van der Waals surface area contributed by atoms with Gasteiger partial charge in [0.25, 0.3) is 0 Å². The van der Waals surface area contributed by atoms with Crippen LogP contribution in [0.3, 0.4) is 0 Å². The van der Waals surface area contributed by atoms with Gasteiger partial charge in [0.05, 0.1) is 0 Å². The molecule has 1 aliphatic rings. The zero-order valence-corrected chi connectivity index (χ0v) is 20.1. The van der Waals surface area contributed by atoms with Gasteiger partial charge in [-0.25, -0.2) is 4.99 Å². The highest BCUT2D eigenvalue weighted by Gasteiger charge is 2.27. The van der Waals surface area contributed by atoms with Crippen LogP contribution in [-0.4, -0.2) is 57.3 Å². The molecule has 0 saturated carbocycles. The van der Waals surface area contributed by atoms with Gasteiger partial charge in [-0.05, 0) is 58.8 Å². The van der Waals surface area contributed by atoms with Gasteiger partial charge in [-0.15, -0.1) is 34.2 Å². The molecule has 7 nitrogen and oxygen atoms in total. The number of guanidine groups is 1. The number of aromatic nitrogens is 3. The molecular formula is C21H34IN7. The average molecular weight is 511 g/mol. The summed E-state index contributed by atoms with van der Waals surface area (Å²) in [5, 5.41) is 15.2. The second-order valence-electron chi connectivity index (χ2n) is 7.86. The molecule has 2 aromatic rings. The maximum Gasteiger partial charge on any atom is 0.191 e. The van der Waals surface area contributed by atoms with E-state index < -0.39 is 0 Å². The van der Waals surface area contributed by atoms with E-state index in [0.717, 1.165) is 30.6 Å². The van der Waals surface area contributed by atoms with Gasteiger partial charge < -0.3 is 10.6 Å². The first-order valence-electron chi connectivity index (χ1n) is 10.3. The first-order chi connectivity index (χ1) is 13.6. The van der Waals surface area contributed by atoms with Crippen molar-refractivity contribution in [2.45, 2.75) is 52.1 Å². The molecule has 0 spiro atoms. The number of hydrogen-bond donors (Lipinski definition) is 2. The van der Waals surface area contributed by atoms with E-state index in [9.17, 15) is 0 Å². The molecule has 1 aromatic heterocycles. The minimum Gasteiger partial charge on any atom is -0.357 e. The van der Waals surface area contributed by atoms with Crippen molar-refractivity contribution >= 4 is 29.9 Å². The van der Waals surface area contributed by atoms with Gasteiger partial charge in [0.2, 0.25) is 0 Å². The molecule has 2 N–H and O–H groups in total. The third-order valence-corrected chi connectivity index (χ3v) is 5.28. The van der Waals surface area contributed by atoms with E-state index in [1.54, 1.807) is 6.33 Å². The zero-order chi connectivity index (χ0) is 19.8. The predicted octanol–water partition coefficient (Wildman–Crippen LogP) is 3.20. The fourth-order valence-corrected chi connectivity index (χ4v) is 3.57. The van der Waals surface area contributed by atoms with Crippen LogP contribution >= 0.6 is 24.0 Å². The molecule has 0 amide bonds. The van der Waals surface area contributed by atoms with Gasteiger partial charge in [0.1, 0.15) is 12.9 Å². The van der Waals surface area contributed by atoms with Crippen LogP contribution in [0, 0.1) is 0 Å². The van der Waals surface area contributed by atoms with Crippen molar-refractivity contribution in [2.75, 3.05) is 26.2 Å². The van der Waals surface area contributed by atoms with E-state index in [1.165, 1.54) is 32.4 Å². The second kappa shape index (κ2) is 11.5. The van der Waals surface area contributed by atoms with Crippen molar-refractivity contribution in [3.8, 4) is 5.69 Å². The van der Waals surface area contributed by atoms with E-state index in [4.69, 9.17) is 4.99 Å². The van der Waals surface area contributed by atoms with Crippen molar-refractivity contribution in [1.29, 1.82) is 0 Å². The Bertz CT molecular complexity index is 751. The first kappa shape index (κ1) is 23.6. The lowest BCUT2D eigenvalue weighted by Gasteiger charge is -2.41. The SMILES string of the molecule is CCNC(=NCc1nncn1-c1ccccc1)NCC(C)(C)N1CCCCC1.I. The summed E-state index contributed by atoms with van der Waals surface area (Å²) in [4.78, 5) is 7.33. The van der Waals surface area contributed by atoms with Crippen LogP contribution in [0.5, 0.6) is 0 Å². The zero-order valence-electron chi connectivity index (χ0n) is 17.8. The molecule has 0 unspecified atom stereocenters. The highest BCUT2D eigenvalue weighted by atomic mass is 127. The number of nitrogens with one attached hydrogen (secondary N) is 2. The molecule has 0 bridgehead atoms. The number of hydrogen-bond acceptors (Lipinski definition) is 4. The molecule has 1 fully saturated rings. The molecule has 1 aromatic carbocycles. The van der Waals surface area contributed by atoms with Crippen LogP contribution in [0.15, 0.2) is 41.7 Å². The largest absolute Gasteiger partial charge is 0.357 e. The maximum absolute atomic E-state index is 4.74. The number of likely N-dealkylation sites (tertiary alicyclic amines) is 1. The Morgan fingerprint density at radius 2 is 1.83 bits per heavy atom. The molecule has 0 aliphatic carbocycles. The van der Waals surface area contributed by atoms with E-state index in [2.05, 4.69) is 46.5 Å². The van der Waals surface area contributed by atoms with Crippen molar-refractivity contribution in [2.24, 2.45) is 4.99 Å². The predicted molar refractivity (Wildman–Crippen MR) is 129 cm³/mol. The van der Waals surface area contributed by atoms with Crippen LogP contribution in [0.2, 0.25) is 0 Å². The number of rotatable bonds is 7. The van der Waals surface area contributed by atoms with Gasteiger partial charge in [-0.1, -0.05) is 24.6 Å². The molecule has 29 heavy (non-hydrogen) atoms. The van der Waals surface area contributed by atoms with Crippen LogP contribution in [0.25, 0.3) is 5.69 Å². The summed E-state index contributed by atoms with van der Waals surface area (Å²) >= 11 is 0. The maximum atomic E-state index is 4.74. The Kier molecular flexibility index (Phi) is 9.35. The van der Waals surface area contributed by atoms with Crippen molar-refractivity contribution in [1.82, 2.24) is 30.3 Å². The Labute approximate surface area is 191 Å². The molecular weight excluding hydrogens is 477 g/mol. The van der Waals surface area contributed by atoms with Gasteiger partial charge in [0.15, 0.2) is 11.8 Å². The van der Waals surface area contributed by atoms with E-state index in [0.29, 0.717) is 6.54 Å². The summed E-state index contributed by atoms with van der Waals surface area (Å²) < 4.78 is 1.98. The van der Waals surface area contributed by atoms with Crippen molar-refractivity contribution in [3.63, 3.8) is 0 Å². The van der Waals surface area contributed by atoms with Crippen LogP contribution < -0.4 is 10.6 Å². The van der Waals surface area contributed by atoms with E-state index >= 15 is 0 Å². The summed E-state index contributed by atoms with van der Waals surface area (Å²) in [5.41, 5.74) is 1.14. The Hall–Kier alpha value is -1.68. The Morgan fingerprint density at radius 3 is 2.52 bits per heavy atom. The van der Waals surface area contributed by atoms with Gasteiger partial charge in [-0.2, -0.15) is 0 Å². The van der Waals surface area contributed by atoms with E-state index in [-0.39, 0.29) is 29.5 Å². The first-order valence-corrected chi connectivity index (χ1v) is 10.3. The van der Waals surface area contributed by atoms with E-state index in [1.807, 2.05) is 34.9 Å². The van der Waals surface area contributed by atoms with Crippen molar-refractivity contribution < 1.29 is 0 Å². The summed E-state index contributed by atoms with van der Waals surface area (Å²) in [5.74, 6) is 1.63. The summed E-state index contributed by atoms with van der Waals surface area (Å²) in [6, 6.07) is 10.1. The number of halogens is 1. The molecule has 1 aliphatic heterocycles. The molecule has 160 valence electrons. The smallest absolute Gasteiger partial charge is 0.191 e. The van der Waals surface area contributed by atoms with Crippen LogP contribution in [0.1, 0.15) is 45.9 Å². The highest BCUT2D eigenvalue weighted by molar-refractivity contribution is 14.0. The molecule has 1 saturated heterocycles. The number of nitrogens with zero attached hydrogens (tertiary/aromatic N) is 5. The third kappa shape index (κ3) is 6.67. The lowest BCUT2D eigenvalue weighted by atomic mass is 9.98. The normalized spacial score (nSPS) is 15.6. The Morgan fingerprint density at radius 1 is 1.10 bits per heavy atom. The minimum absolute atomic E-state index is 0. The Balaban J connectivity index is 0.00000300. The summed E-state index contributed by atoms with van der Waals surface area (Å²) in [7, 11) is 0. The third-order valence-electron chi connectivity index (χ3n) is 5.28. The quantitative estimate of drug-likeness (QED) is 0.340. The lowest BCUT2D eigenvalue weighted by molar-refractivity contribution is 0.0982. The fourth-order valence-electron chi connectivity index (χ4n) is 3.57. The monoisotopic (exact) mass is 511 g/mol. The number of piperidine rings is 1. The standard InChI is InChI=1S/C21H33N7.HI/c1-4-22-20(24-16-21(2,3)27-13-9-6-10-14-27)23-15-19-26-25-17-28(19)18-11-7-5-8-12-18;/h5,7-8,11-12,17H,4,6,9-10,13-16H2,1-3H3,(H2,22,23,24);1H. The molecule has 0 atom stereocenters. The minimum atomic E-state index is 0. The molecule has 8 heteroatoms. The topological polar surface area (TPSA) is 70.4 Å².